The lowest BCUT2D eigenvalue weighted by molar-refractivity contribution is 0.0240. The Hall–Kier alpha value is -1.63. The van der Waals surface area contributed by atoms with Crippen LogP contribution >= 0.6 is 0 Å². The summed E-state index contributed by atoms with van der Waals surface area (Å²) in [6, 6.07) is 11.7. The zero-order valence-electron chi connectivity index (χ0n) is 16.9. The van der Waals surface area contributed by atoms with Crippen molar-refractivity contribution in [1.82, 2.24) is 20.0 Å². The molecule has 0 saturated carbocycles. The average molecular weight is 387 g/mol. The Kier molecular flexibility index (Phi) is 6.83. The van der Waals surface area contributed by atoms with Crippen molar-refractivity contribution in [2.45, 2.75) is 44.3 Å². The van der Waals surface area contributed by atoms with E-state index in [1.807, 2.05) is 4.90 Å². The Balaban J connectivity index is 1.16. The number of benzene rings is 1. The second-order valence-corrected chi connectivity index (χ2v) is 8.35. The highest BCUT2D eigenvalue weighted by atomic mass is 16.5. The molecule has 0 radical (unpaired) electrons. The van der Waals surface area contributed by atoms with E-state index in [1.165, 1.54) is 5.56 Å². The number of amides is 2. The van der Waals surface area contributed by atoms with Gasteiger partial charge in [0.05, 0.1) is 0 Å². The van der Waals surface area contributed by atoms with Crippen molar-refractivity contribution in [3.05, 3.63) is 35.9 Å². The number of likely N-dealkylation sites (tertiary alicyclic amines) is 1. The molecule has 2 amide bonds. The van der Waals surface area contributed by atoms with Crippen molar-refractivity contribution in [3.8, 4) is 0 Å². The minimum atomic E-state index is 0.129. The summed E-state index contributed by atoms with van der Waals surface area (Å²) < 4.78 is 5.48. The molecule has 6 heteroatoms. The van der Waals surface area contributed by atoms with Crippen LogP contribution in [0.1, 0.15) is 31.2 Å². The predicted octanol–water partition coefficient (Wildman–Crippen LogP) is 2.16. The van der Waals surface area contributed by atoms with Gasteiger partial charge in [0.15, 0.2) is 0 Å². The van der Waals surface area contributed by atoms with E-state index in [0.717, 1.165) is 84.7 Å². The molecule has 6 nitrogen and oxygen atoms in total. The molecule has 0 unspecified atom stereocenters. The zero-order valence-corrected chi connectivity index (χ0v) is 16.9. The smallest absolute Gasteiger partial charge is 0.317 e. The van der Waals surface area contributed by atoms with E-state index in [1.54, 1.807) is 0 Å². The Bertz CT molecular complexity index is 604. The van der Waals surface area contributed by atoms with Crippen LogP contribution in [0, 0.1) is 0 Å². The molecule has 28 heavy (non-hydrogen) atoms. The van der Waals surface area contributed by atoms with E-state index < -0.39 is 0 Å². The van der Waals surface area contributed by atoms with E-state index in [-0.39, 0.29) is 6.03 Å². The number of ether oxygens (including phenoxy) is 1. The van der Waals surface area contributed by atoms with Crippen LogP contribution in [0.3, 0.4) is 0 Å². The van der Waals surface area contributed by atoms with E-state index in [4.69, 9.17) is 4.74 Å². The molecule has 3 aliphatic rings. The molecule has 154 valence electrons. The summed E-state index contributed by atoms with van der Waals surface area (Å²) in [5.74, 6) is 0. The van der Waals surface area contributed by atoms with Crippen molar-refractivity contribution in [2.24, 2.45) is 0 Å². The Morgan fingerprint density at radius 3 is 2.29 bits per heavy atom. The first-order valence-corrected chi connectivity index (χ1v) is 10.9. The van der Waals surface area contributed by atoms with Crippen LogP contribution in [0.2, 0.25) is 0 Å². The number of carbonyl (C=O) groups is 1. The van der Waals surface area contributed by atoms with Gasteiger partial charge in [0.2, 0.25) is 0 Å². The first-order chi connectivity index (χ1) is 13.8. The second-order valence-electron chi connectivity index (χ2n) is 8.35. The Labute approximate surface area is 168 Å². The topological polar surface area (TPSA) is 48.1 Å². The average Bonchev–Trinajstić information content (AvgIpc) is 2.76. The molecule has 4 rings (SSSR count). The van der Waals surface area contributed by atoms with E-state index in [9.17, 15) is 4.79 Å². The highest BCUT2D eigenvalue weighted by molar-refractivity contribution is 5.74. The number of nitrogens with zero attached hydrogens (tertiary/aromatic N) is 3. The Morgan fingerprint density at radius 2 is 1.61 bits per heavy atom. The van der Waals surface area contributed by atoms with Gasteiger partial charge in [0.25, 0.3) is 0 Å². The highest BCUT2D eigenvalue weighted by Gasteiger charge is 2.28. The lowest BCUT2D eigenvalue weighted by Gasteiger charge is -2.40. The Morgan fingerprint density at radius 1 is 0.929 bits per heavy atom. The summed E-state index contributed by atoms with van der Waals surface area (Å²) in [5, 5.41) is 3.29. The molecular formula is C22H34N4O2. The van der Waals surface area contributed by atoms with Gasteiger partial charge in [-0.15, -0.1) is 0 Å². The molecule has 0 aromatic heterocycles. The first kappa shape index (κ1) is 19.7. The van der Waals surface area contributed by atoms with Crippen LogP contribution in [0.5, 0.6) is 0 Å². The van der Waals surface area contributed by atoms with Gasteiger partial charge in [-0.2, -0.15) is 0 Å². The molecule has 1 aromatic rings. The highest BCUT2D eigenvalue weighted by Crippen LogP contribution is 2.20. The summed E-state index contributed by atoms with van der Waals surface area (Å²) in [4.78, 5) is 19.7. The largest absolute Gasteiger partial charge is 0.381 e. The van der Waals surface area contributed by atoms with Crippen LogP contribution in [-0.4, -0.2) is 85.3 Å². The summed E-state index contributed by atoms with van der Waals surface area (Å²) in [7, 11) is 0. The fourth-order valence-corrected chi connectivity index (χ4v) is 4.68. The molecule has 1 N–H and O–H groups in total. The molecule has 0 atom stereocenters. The number of carbonyl (C=O) groups excluding carboxylic acids is 1. The third kappa shape index (κ3) is 5.25. The predicted molar refractivity (Wildman–Crippen MR) is 110 cm³/mol. The maximum absolute atomic E-state index is 12.7. The van der Waals surface area contributed by atoms with Gasteiger partial charge in [-0.05, 0) is 31.2 Å². The number of piperidine rings is 1. The van der Waals surface area contributed by atoms with Crippen LogP contribution in [0.4, 0.5) is 4.79 Å². The number of urea groups is 1. The first-order valence-electron chi connectivity index (χ1n) is 10.9. The zero-order chi connectivity index (χ0) is 19.2. The van der Waals surface area contributed by atoms with Gasteiger partial charge in [0, 0.05) is 71.1 Å². The van der Waals surface area contributed by atoms with Crippen LogP contribution < -0.4 is 5.32 Å². The second kappa shape index (κ2) is 9.72. The SMILES string of the molecule is O=C(NC1CCN(C2CCOCC2)CC1)N1CCN(Cc2ccccc2)CC1. The van der Waals surface area contributed by atoms with E-state index in [0.29, 0.717) is 12.1 Å². The lowest BCUT2D eigenvalue weighted by Crippen LogP contribution is -2.55. The number of nitrogens with one attached hydrogen (secondary N) is 1. The van der Waals surface area contributed by atoms with Gasteiger partial charge in [-0.1, -0.05) is 30.3 Å². The summed E-state index contributed by atoms with van der Waals surface area (Å²) in [6.45, 7) is 8.51. The number of rotatable bonds is 4. The summed E-state index contributed by atoms with van der Waals surface area (Å²) in [6.07, 6.45) is 4.45. The van der Waals surface area contributed by atoms with Gasteiger partial charge in [-0.25, -0.2) is 4.79 Å². The van der Waals surface area contributed by atoms with Gasteiger partial charge in [-0.3, -0.25) is 4.90 Å². The third-order valence-corrected chi connectivity index (χ3v) is 6.47. The van der Waals surface area contributed by atoms with Gasteiger partial charge >= 0.3 is 6.03 Å². The fraction of sp³-hybridized carbons (Fsp3) is 0.682. The van der Waals surface area contributed by atoms with E-state index >= 15 is 0 Å². The molecule has 3 heterocycles. The van der Waals surface area contributed by atoms with Crippen LogP contribution in [0.15, 0.2) is 30.3 Å². The number of hydrogen-bond acceptors (Lipinski definition) is 4. The molecule has 0 spiro atoms. The minimum Gasteiger partial charge on any atom is -0.381 e. The lowest BCUT2D eigenvalue weighted by atomic mass is 10.00. The molecule has 0 aliphatic carbocycles. The van der Waals surface area contributed by atoms with Gasteiger partial charge < -0.3 is 19.9 Å². The molecule has 3 saturated heterocycles. The molecule has 1 aromatic carbocycles. The molecule has 3 aliphatic heterocycles. The minimum absolute atomic E-state index is 0.129. The van der Waals surface area contributed by atoms with Crippen LogP contribution in [-0.2, 0) is 11.3 Å². The van der Waals surface area contributed by atoms with Gasteiger partial charge in [0.1, 0.15) is 0 Å². The normalized spacial score (nSPS) is 23.6. The quantitative estimate of drug-likeness (QED) is 0.862. The standard InChI is InChI=1S/C22H34N4O2/c27-22(23-20-6-10-25(11-7-20)21-8-16-28-17-9-21)26-14-12-24(13-15-26)18-19-4-2-1-3-5-19/h1-5,20-21H,6-18H2,(H,23,27). The summed E-state index contributed by atoms with van der Waals surface area (Å²) >= 11 is 0. The number of hydrogen-bond donors (Lipinski definition) is 1. The van der Waals surface area contributed by atoms with Crippen molar-refractivity contribution in [2.75, 3.05) is 52.5 Å². The molecule has 3 fully saturated rings. The van der Waals surface area contributed by atoms with E-state index in [2.05, 4.69) is 45.4 Å². The fourth-order valence-electron chi connectivity index (χ4n) is 4.68. The van der Waals surface area contributed by atoms with Crippen molar-refractivity contribution >= 4 is 6.03 Å². The monoisotopic (exact) mass is 386 g/mol. The van der Waals surface area contributed by atoms with Crippen molar-refractivity contribution in [3.63, 3.8) is 0 Å². The molecular weight excluding hydrogens is 352 g/mol. The maximum atomic E-state index is 12.7. The van der Waals surface area contributed by atoms with Crippen molar-refractivity contribution in [1.29, 1.82) is 0 Å². The summed E-state index contributed by atoms with van der Waals surface area (Å²) in [5.41, 5.74) is 1.34. The molecule has 0 bridgehead atoms. The van der Waals surface area contributed by atoms with Crippen LogP contribution in [0.25, 0.3) is 0 Å². The van der Waals surface area contributed by atoms with Crippen molar-refractivity contribution < 1.29 is 9.53 Å². The number of piperazine rings is 1. The maximum Gasteiger partial charge on any atom is 0.317 e. The third-order valence-electron chi connectivity index (χ3n) is 6.47.